The molecule has 0 aliphatic heterocycles. The first-order valence-electron chi connectivity index (χ1n) is 5.86. The SMILES string of the molecule is CCCCC(=O)[C@H]1C[C@H](O)CC[C@@H]1C. The van der Waals surface area contributed by atoms with E-state index in [1.54, 1.807) is 0 Å². The van der Waals surface area contributed by atoms with Crippen molar-refractivity contribution in [3.05, 3.63) is 0 Å². The zero-order valence-electron chi connectivity index (χ0n) is 9.33. The van der Waals surface area contributed by atoms with Crippen LogP contribution in [0.1, 0.15) is 52.4 Å². The third-order valence-corrected chi connectivity index (χ3v) is 3.36. The van der Waals surface area contributed by atoms with E-state index in [9.17, 15) is 9.90 Å². The fourth-order valence-corrected chi connectivity index (χ4v) is 2.28. The van der Waals surface area contributed by atoms with E-state index < -0.39 is 0 Å². The first-order chi connectivity index (χ1) is 6.65. The summed E-state index contributed by atoms with van der Waals surface area (Å²) < 4.78 is 0. The minimum Gasteiger partial charge on any atom is -0.393 e. The smallest absolute Gasteiger partial charge is 0.136 e. The lowest BCUT2D eigenvalue weighted by atomic mass is 9.76. The number of carbonyl (C=O) groups excluding carboxylic acids is 1. The first-order valence-corrected chi connectivity index (χ1v) is 5.86. The van der Waals surface area contributed by atoms with Gasteiger partial charge in [0.1, 0.15) is 5.78 Å². The molecule has 0 bridgehead atoms. The maximum absolute atomic E-state index is 11.8. The number of Topliss-reactive ketones (excluding diaryl/α,β-unsaturated/α-hetero) is 1. The lowest BCUT2D eigenvalue weighted by Crippen LogP contribution is -2.31. The predicted molar refractivity (Wildman–Crippen MR) is 57.0 cm³/mol. The van der Waals surface area contributed by atoms with Crippen molar-refractivity contribution in [2.75, 3.05) is 0 Å². The number of aliphatic hydroxyl groups excluding tert-OH is 1. The average molecular weight is 198 g/mol. The van der Waals surface area contributed by atoms with Gasteiger partial charge in [-0.25, -0.2) is 0 Å². The molecular weight excluding hydrogens is 176 g/mol. The van der Waals surface area contributed by atoms with Gasteiger partial charge in [0.2, 0.25) is 0 Å². The van der Waals surface area contributed by atoms with Crippen LogP contribution in [0, 0.1) is 11.8 Å². The number of ketones is 1. The van der Waals surface area contributed by atoms with Gasteiger partial charge in [-0.2, -0.15) is 0 Å². The summed E-state index contributed by atoms with van der Waals surface area (Å²) in [5.41, 5.74) is 0. The number of unbranched alkanes of at least 4 members (excludes halogenated alkanes) is 1. The highest BCUT2D eigenvalue weighted by molar-refractivity contribution is 5.81. The maximum Gasteiger partial charge on any atom is 0.136 e. The Bertz CT molecular complexity index is 189. The molecule has 0 aromatic heterocycles. The van der Waals surface area contributed by atoms with Crippen molar-refractivity contribution in [3.8, 4) is 0 Å². The molecule has 2 nitrogen and oxygen atoms in total. The van der Waals surface area contributed by atoms with Gasteiger partial charge >= 0.3 is 0 Å². The van der Waals surface area contributed by atoms with Gasteiger partial charge in [0.25, 0.3) is 0 Å². The molecule has 0 unspecified atom stereocenters. The molecule has 1 saturated carbocycles. The molecule has 0 spiro atoms. The summed E-state index contributed by atoms with van der Waals surface area (Å²) in [6.45, 7) is 4.24. The van der Waals surface area contributed by atoms with Gasteiger partial charge in [-0.15, -0.1) is 0 Å². The molecule has 14 heavy (non-hydrogen) atoms. The molecule has 0 aromatic carbocycles. The van der Waals surface area contributed by atoms with Crippen LogP contribution in [0.2, 0.25) is 0 Å². The highest BCUT2D eigenvalue weighted by Crippen LogP contribution is 2.31. The van der Waals surface area contributed by atoms with Crippen LogP contribution >= 0.6 is 0 Å². The van der Waals surface area contributed by atoms with E-state index in [1.165, 1.54) is 0 Å². The Morgan fingerprint density at radius 2 is 2.14 bits per heavy atom. The Labute approximate surface area is 86.7 Å². The summed E-state index contributed by atoms with van der Waals surface area (Å²) >= 11 is 0. The second kappa shape index (κ2) is 5.50. The minimum absolute atomic E-state index is 0.130. The molecule has 0 saturated heterocycles. The van der Waals surface area contributed by atoms with Crippen LogP contribution in [-0.2, 0) is 4.79 Å². The third-order valence-electron chi connectivity index (χ3n) is 3.36. The van der Waals surface area contributed by atoms with Crippen LogP contribution in [0.4, 0.5) is 0 Å². The van der Waals surface area contributed by atoms with Crippen molar-refractivity contribution in [3.63, 3.8) is 0 Å². The minimum atomic E-state index is -0.234. The Morgan fingerprint density at radius 1 is 1.43 bits per heavy atom. The molecule has 0 amide bonds. The fourth-order valence-electron chi connectivity index (χ4n) is 2.28. The number of aliphatic hydroxyl groups is 1. The lowest BCUT2D eigenvalue weighted by Gasteiger charge is -2.30. The normalized spacial score (nSPS) is 32.9. The maximum atomic E-state index is 11.8. The molecule has 82 valence electrons. The molecule has 0 radical (unpaired) electrons. The Morgan fingerprint density at radius 3 is 2.79 bits per heavy atom. The Kier molecular flexibility index (Phi) is 4.59. The average Bonchev–Trinajstić information content (AvgIpc) is 2.18. The molecule has 2 heteroatoms. The van der Waals surface area contributed by atoms with E-state index in [1.807, 2.05) is 0 Å². The van der Waals surface area contributed by atoms with Gasteiger partial charge in [0.05, 0.1) is 6.10 Å². The van der Waals surface area contributed by atoms with E-state index in [0.717, 1.165) is 25.7 Å². The topological polar surface area (TPSA) is 37.3 Å². The Hall–Kier alpha value is -0.370. The molecule has 0 heterocycles. The summed E-state index contributed by atoms with van der Waals surface area (Å²) in [7, 11) is 0. The highest BCUT2D eigenvalue weighted by Gasteiger charge is 2.30. The van der Waals surface area contributed by atoms with Gasteiger partial charge in [-0.05, 0) is 31.6 Å². The number of rotatable bonds is 4. The van der Waals surface area contributed by atoms with E-state index >= 15 is 0 Å². The second-order valence-electron chi connectivity index (χ2n) is 4.62. The van der Waals surface area contributed by atoms with E-state index in [4.69, 9.17) is 0 Å². The van der Waals surface area contributed by atoms with Crippen molar-refractivity contribution >= 4 is 5.78 Å². The molecule has 1 aliphatic carbocycles. The van der Waals surface area contributed by atoms with Crippen LogP contribution in [-0.4, -0.2) is 17.0 Å². The van der Waals surface area contributed by atoms with Crippen molar-refractivity contribution in [2.24, 2.45) is 11.8 Å². The highest BCUT2D eigenvalue weighted by atomic mass is 16.3. The summed E-state index contributed by atoms with van der Waals surface area (Å²) in [5.74, 6) is 0.978. The van der Waals surface area contributed by atoms with E-state index in [0.29, 0.717) is 24.5 Å². The summed E-state index contributed by atoms with van der Waals surface area (Å²) in [6.07, 6.45) is 5.12. The van der Waals surface area contributed by atoms with Crippen LogP contribution in [0.15, 0.2) is 0 Å². The van der Waals surface area contributed by atoms with E-state index in [2.05, 4.69) is 13.8 Å². The zero-order chi connectivity index (χ0) is 10.6. The molecule has 3 atom stereocenters. The van der Waals surface area contributed by atoms with Crippen molar-refractivity contribution in [1.82, 2.24) is 0 Å². The standard InChI is InChI=1S/C12H22O2/c1-3-4-5-12(14)11-8-10(13)7-6-9(11)2/h9-11,13H,3-8H2,1-2H3/t9-,10+,11-/m0/s1. The summed E-state index contributed by atoms with van der Waals surface area (Å²) in [6, 6.07) is 0. The molecule has 0 aromatic rings. The molecule has 1 aliphatic rings. The van der Waals surface area contributed by atoms with Gasteiger partial charge in [-0.3, -0.25) is 4.79 Å². The van der Waals surface area contributed by atoms with Crippen LogP contribution < -0.4 is 0 Å². The van der Waals surface area contributed by atoms with Gasteiger partial charge < -0.3 is 5.11 Å². The zero-order valence-corrected chi connectivity index (χ0v) is 9.33. The first kappa shape index (κ1) is 11.7. The van der Waals surface area contributed by atoms with Gasteiger partial charge in [0, 0.05) is 12.3 Å². The second-order valence-corrected chi connectivity index (χ2v) is 4.62. The third kappa shape index (κ3) is 3.09. The number of hydrogen-bond donors (Lipinski definition) is 1. The summed E-state index contributed by atoms with van der Waals surface area (Å²) in [5, 5.41) is 9.52. The Balaban J connectivity index is 2.43. The van der Waals surface area contributed by atoms with Crippen molar-refractivity contribution in [1.29, 1.82) is 0 Å². The van der Waals surface area contributed by atoms with Crippen LogP contribution in [0.25, 0.3) is 0 Å². The fraction of sp³-hybridized carbons (Fsp3) is 0.917. The monoisotopic (exact) mass is 198 g/mol. The molecule has 1 N–H and O–H groups in total. The number of carbonyl (C=O) groups is 1. The van der Waals surface area contributed by atoms with Gasteiger partial charge in [0.15, 0.2) is 0 Å². The summed E-state index contributed by atoms with van der Waals surface area (Å²) in [4.78, 5) is 11.8. The quantitative estimate of drug-likeness (QED) is 0.753. The molecular formula is C12H22O2. The van der Waals surface area contributed by atoms with Gasteiger partial charge in [-0.1, -0.05) is 20.3 Å². The van der Waals surface area contributed by atoms with E-state index in [-0.39, 0.29) is 12.0 Å². The van der Waals surface area contributed by atoms with Crippen molar-refractivity contribution < 1.29 is 9.90 Å². The largest absolute Gasteiger partial charge is 0.393 e. The lowest BCUT2D eigenvalue weighted by molar-refractivity contribution is -0.127. The molecule has 1 fully saturated rings. The van der Waals surface area contributed by atoms with Crippen LogP contribution in [0.3, 0.4) is 0 Å². The van der Waals surface area contributed by atoms with Crippen LogP contribution in [0.5, 0.6) is 0 Å². The van der Waals surface area contributed by atoms with Crippen molar-refractivity contribution in [2.45, 2.75) is 58.5 Å². The predicted octanol–water partition coefficient (Wildman–Crippen LogP) is 2.54. The molecule has 1 rings (SSSR count). The number of hydrogen-bond acceptors (Lipinski definition) is 2.